The van der Waals surface area contributed by atoms with E-state index >= 15 is 0 Å². The molecule has 0 aliphatic carbocycles. The molecular weight excluding hydrogens is 326 g/mol. The fourth-order valence-electron chi connectivity index (χ4n) is 3.48. The molecule has 1 aromatic heterocycles. The Morgan fingerprint density at radius 3 is 2.31 bits per heavy atom. The number of nitrogens with two attached hydrogens (primary N) is 1. The Balaban J connectivity index is 1.77. The minimum absolute atomic E-state index is 0.100. The molecule has 1 aliphatic heterocycles. The second-order valence-electron chi connectivity index (χ2n) is 6.51. The first-order valence-corrected chi connectivity index (χ1v) is 8.63. The van der Waals surface area contributed by atoms with Gasteiger partial charge in [0.2, 0.25) is 0 Å². The van der Waals surface area contributed by atoms with E-state index in [1.165, 1.54) is 10.2 Å². The second kappa shape index (κ2) is 6.74. The predicted molar refractivity (Wildman–Crippen MR) is 102 cm³/mol. The van der Waals surface area contributed by atoms with Crippen molar-refractivity contribution in [1.82, 2.24) is 20.6 Å². The van der Waals surface area contributed by atoms with E-state index in [4.69, 9.17) is 5.73 Å². The molecule has 2 aromatic carbocycles. The van der Waals surface area contributed by atoms with Crippen molar-refractivity contribution in [2.75, 3.05) is 5.73 Å². The van der Waals surface area contributed by atoms with Gasteiger partial charge in [-0.15, -0.1) is 0 Å². The molecular formula is C20H21N5O. The molecule has 1 saturated heterocycles. The largest absolute Gasteiger partial charge is 0.394 e. The van der Waals surface area contributed by atoms with Crippen molar-refractivity contribution in [3.8, 4) is 11.3 Å². The molecule has 6 nitrogen and oxygen atoms in total. The van der Waals surface area contributed by atoms with Crippen LogP contribution in [0.3, 0.4) is 0 Å². The third kappa shape index (κ3) is 2.89. The highest BCUT2D eigenvalue weighted by Crippen LogP contribution is 2.36. The van der Waals surface area contributed by atoms with Gasteiger partial charge in [-0.3, -0.25) is 4.79 Å². The van der Waals surface area contributed by atoms with Crippen molar-refractivity contribution in [3.05, 3.63) is 82.1 Å². The maximum Gasteiger partial charge on any atom is 0.289 e. The number of hydrazine groups is 1. The van der Waals surface area contributed by atoms with Gasteiger partial charge in [0.05, 0.1) is 11.7 Å². The number of benzene rings is 2. The molecule has 1 fully saturated rings. The van der Waals surface area contributed by atoms with Crippen LogP contribution >= 0.6 is 0 Å². The molecule has 2 atom stereocenters. The molecule has 0 bridgehead atoms. The molecule has 0 saturated carbocycles. The predicted octanol–water partition coefficient (Wildman–Crippen LogP) is 2.31. The van der Waals surface area contributed by atoms with Gasteiger partial charge in [-0.25, -0.2) is 15.5 Å². The molecule has 0 radical (unpaired) electrons. The Kier molecular flexibility index (Phi) is 4.28. The van der Waals surface area contributed by atoms with Crippen LogP contribution in [0.2, 0.25) is 0 Å². The normalized spacial score (nSPS) is 19.6. The van der Waals surface area contributed by atoms with Crippen LogP contribution in [0.25, 0.3) is 11.3 Å². The summed E-state index contributed by atoms with van der Waals surface area (Å²) >= 11 is 0. The Bertz CT molecular complexity index is 969. The van der Waals surface area contributed by atoms with E-state index in [0.717, 1.165) is 23.2 Å². The minimum Gasteiger partial charge on any atom is -0.394 e. The molecule has 26 heavy (non-hydrogen) atoms. The van der Waals surface area contributed by atoms with Crippen LogP contribution < -0.4 is 22.1 Å². The van der Waals surface area contributed by atoms with Gasteiger partial charge in [-0.1, -0.05) is 60.7 Å². The lowest BCUT2D eigenvalue weighted by Gasteiger charge is -2.18. The van der Waals surface area contributed by atoms with Gasteiger partial charge in [0.25, 0.3) is 5.56 Å². The van der Waals surface area contributed by atoms with Gasteiger partial charge in [0, 0.05) is 24.2 Å². The van der Waals surface area contributed by atoms with E-state index in [-0.39, 0.29) is 23.3 Å². The molecule has 0 spiro atoms. The van der Waals surface area contributed by atoms with Crippen LogP contribution in [0.15, 0.2) is 65.5 Å². The van der Waals surface area contributed by atoms with E-state index in [1.54, 1.807) is 7.05 Å². The summed E-state index contributed by atoms with van der Waals surface area (Å²) in [5, 5.41) is 4.50. The average molecular weight is 347 g/mol. The van der Waals surface area contributed by atoms with Crippen molar-refractivity contribution < 1.29 is 0 Å². The summed E-state index contributed by atoms with van der Waals surface area (Å²) < 4.78 is 1.30. The minimum atomic E-state index is -0.273. The summed E-state index contributed by atoms with van der Waals surface area (Å²) in [5.74, 6) is 0. The van der Waals surface area contributed by atoms with Crippen molar-refractivity contribution >= 4 is 5.69 Å². The first kappa shape index (κ1) is 16.5. The van der Waals surface area contributed by atoms with E-state index < -0.39 is 0 Å². The van der Waals surface area contributed by atoms with Crippen LogP contribution in [0.4, 0.5) is 5.69 Å². The van der Waals surface area contributed by atoms with Crippen molar-refractivity contribution in [1.29, 1.82) is 0 Å². The zero-order valence-corrected chi connectivity index (χ0v) is 14.5. The topological polar surface area (TPSA) is 85.0 Å². The standard InChI is InChI=1S/C20H21N5O/c1-25-20(26)18(21)17(19(24-25)14-10-6-3-7-11-14)16-12-15(22-23-16)13-8-4-2-5-9-13/h2-11,15-16,22-23H,12,21H2,1H3. The maximum absolute atomic E-state index is 12.4. The average Bonchev–Trinajstić information content (AvgIpc) is 3.17. The summed E-state index contributed by atoms with van der Waals surface area (Å²) in [6.07, 6.45) is 0.781. The third-order valence-corrected chi connectivity index (χ3v) is 4.82. The van der Waals surface area contributed by atoms with Crippen LogP contribution in [0.5, 0.6) is 0 Å². The molecule has 132 valence electrons. The molecule has 6 heteroatoms. The number of aromatic nitrogens is 2. The number of nitrogens with one attached hydrogen (secondary N) is 2. The quantitative estimate of drug-likeness (QED) is 0.677. The lowest BCUT2D eigenvalue weighted by atomic mass is 9.94. The Morgan fingerprint density at radius 1 is 1.00 bits per heavy atom. The molecule has 0 amide bonds. The number of hydrogen-bond acceptors (Lipinski definition) is 5. The highest BCUT2D eigenvalue weighted by atomic mass is 16.1. The van der Waals surface area contributed by atoms with E-state index in [1.807, 2.05) is 48.5 Å². The summed E-state index contributed by atoms with van der Waals surface area (Å²) in [6.45, 7) is 0. The van der Waals surface area contributed by atoms with Crippen molar-refractivity contribution in [2.24, 2.45) is 7.05 Å². The number of anilines is 1. The van der Waals surface area contributed by atoms with Crippen molar-refractivity contribution in [3.63, 3.8) is 0 Å². The third-order valence-electron chi connectivity index (χ3n) is 4.82. The fraction of sp³-hybridized carbons (Fsp3) is 0.200. The molecule has 2 unspecified atom stereocenters. The van der Waals surface area contributed by atoms with Crippen LogP contribution in [-0.2, 0) is 7.05 Å². The number of hydrogen-bond donors (Lipinski definition) is 3. The highest BCUT2D eigenvalue weighted by Gasteiger charge is 2.31. The summed E-state index contributed by atoms with van der Waals surface area (Å²) in [7, 11) is 1.63. The van der Waals surface area contributed by atoms with Gasteiger partial charge in [0.15, 0.2) is 0 Å². The summed E-state index contributed by atoms with van der Waals surface area (Å²) in [4.78, 5) is 12.4. The monoisotopic (exact) mass is 347 g/mol. The smallest absolute Gasteiger partial charge is 0.289 e. The molecule has 2 heterocycles. The lowest BCUT2D eigenvalue weighted by molar-refractivity contribution is 0.553. The SMILES string of the molecule is Cn1nc(-c2ccccc2)c(C2CC(c3ccccc3)NN2)c(N)c1=O. The van der Waals surface area contributed by atoms with Gasteiger partial charge >= 0.3 is 0 Å². The van der Waals surface area contributed by atoms with Gasteiger partial charge < -0.3 is 5.73 Å². The van der Waals surface area contributed by atoms with Crippen LogP contribution in [0, 0.1) is 0 Å². The number of aryl methyl sites for hydroxylation is 1. The maximum atomic E-state index is 12.4. The molecule has 3 aromatic rings. The molecule has 1 aliphatic rings. The van der Waals surface area contributed by atoms with Crippen LogP contribution in [-0.4, -0.2) is 9.78 Å². The molecule has 4 N–H and O–H groups in total. The zero-order chi connectivity index (χ0) is 18.1. The zero-order valence-electron chi connectivity index (χ0n) is 14.5. The Labute approximate surface area is 151 Å². The van der Waals surface area contributed by atoms with E-state index in [0.29, 0.717) is 0 Å². The summed E-state index contributed by atoms with van der Waals surface area (Å²) in [5.41, 5.74) is 16.5. The Hall–Kier alpha value is -2.96. The lowest BCUT2D eigenvalue weighted by Crippen LogP contribution is -2.31. The van der Waals surface area contributed by atoms with Gasteiger partial charge in [-0.2, -0.15) is 5.10 Å². The van der Waals surface area contributed by atoms with Gasteiger partial charge in [0.1, 0.15) is 5.69 Å². The Morgan fingerprint density at radius 2 is 1.62 bits per heavy atom. The molecule has 4 rings (SSSR count). The summed E-state index contributed by atoms with van der Waals surface area (Å²) in [6, 6.07) is 20.1. The van der Waals surface area contributed by atoms with E-state index in [2.05, 4.69) is 28.1 Å². The van der Waals surface area contributed by atoms with E-state index in [9.17, 15) is 4.79 Å². The second-order valence-corrected chi connectivity index (χ2v) is 6.51. The van der Waals surface area contributed by atoms with Crippen molar-refractivity contribution in [2.45, 2.75) is 18.5 Å². The first-order valence-electron chi connectivity index (χ1n) is 8.63. The highest BCUT2D eigenvalue weighted by molar-refractivity contribution is 5.69. The number of nitrogens with zero attached hydrogens (tertiary/aromatic N) is 2. The number of nitrogen functional groups attached to an aromatic ring is 1. The first-order chi connectivity index (χ1) is 12.6. The fourth-order valence-corrected chi connectivity index (χ4v) is 3.48. The number of rotatable bonds is 3. The van der Waals surface area contributed by atoms with Gasteiger partial charge in [-0.05, 0) is 12.0 Å². The van der Waals surface area contributed by atoms with Crippen LogP contribution in [0.1, 0.15) is 29.6 Å².